The fraction of sp³-hybridized carbons (Fsp3) is 0.273. The topological polar surface area (TPSA) is 0 Å². The van der Waals surface area contributed by atoms with Gasteiger partial charge in [0.05, 0.1) is 0 Å². The molecule has 0 N–H and O–H groups in total. The van der Waals surface area contributed by atoms with Crippen LogP contribution < -0.4 is 0 Å². The van der Waals surface area contributed by atoms with E-state index in [-0.39, 0.29) is 0 Å². The molecule has 0 aliphatic rings. The lowest BCUT2D eigenvalue weighted by atomic mass is 10.2. The smallest absolute Gasteiger partial charge is 0.0448 e. The van der Waals surface area contributed by atoms with E-state index in [4.69, 9.17) is 0 Å². The molecule has 2 heteroatoms. The van der Waals surface area contributed by atoms with E-state index < -0.39 is 0 Å². The zero-order chi connectivity index (χ0) is 9.42. The highest BCUT2D eigenvalue weighted by atomic mass is 32.1. The van der Waals surface area contributed by atoms with E-state index in [1.807, 2.05) is 22.7 Å². The SMILES string of the molecule is Cc1ccc(-c2cc(C)c(C)s2)s1. The predicted octanol–water partition coefficient (Wildman–Crippen LogP) is 4.40. The van der Waals surface area contributed by atoms with E-state index in [0.717, 1.165) is 0 Å². The van der Waals surface area contributed by atoms with Crippen LogP contribution in [-0.2, 0) is 0 Å². The zero-order valence-electron chi connectivity index (χ0n) is 8.05. The summed E-state index contributed by atoms with van der Waals surface area (Å²) in [7, 11) is 0. The molecule has 0 fully saturated rings. The number of thiophene rings is 2. The average molecular weight is 208 g/mol. The number of hydrogen-bond acceptors (Lipinski definition) is 2. The van der Waals surface area contributed by atoms with Crippen LogP contribution in [0.1, 0.15) is 15.3 Å². The Labute approximate surface area is 86.9 Å². The van der Waals surface area contributed by atoms with Crippen LogP contribution >= 0.6 is 22.7 Å². The van der Waals surface area contributed by atoms with Gasteiger partial charge in [-0.25, -0.2) is 0 Å². The standard InChI is InChI=1S/C11H12S2/c1-7-6-11(13-9(7)3)10-5-4-8(2)12-10/h4-6H,1-3H3. The van der Waals surface area contributed by atoms with E-state index in [1.54, 1.807) is 0 Å². The molecule has 0 bridgehead atoms. The van der Waals surface area contributed by atoms with Gasteiger partial charge in [-0.05, 0) is 44.5 Å². The molecule has 0 spiro atoms. The Morgan fingerprint density at radius 2 is 1.69 bits per heavy atom. The number of rotatable bonds is 1. The van der Waals surface area contributed by atoms with Crippen LogP contribution in [0.4, 0.5) is 0 Å². The molecule has 0 aromatic carbocycles. The summed E-state index contributed by atoms with van der Waals surface area (Å²) < 4.78 is 0. The molecule has 68 valence electrons. The van der Waals surface area contributed by atoms with Crippen molar-refractivity contribution in [1.82, 2.24) is 0 Å². The van der Waals surface area contributed by atoms with Crippen molar-refractivity contribution in [2.24, 2.45) is 0 Å². The highest BCUT2D eigenvalue weighted by Crippen LogP contribution is 2.34. The summed E-state index contributed by atoms with van der Waals surface area (Å²) in [4.78, 5) is 5.63. The zero-order valence-corrected chi connectivity index (χ0v) is 9.68. The highest BCUT2D eigenvalue weighted by molar-refractivity contribution is 7.22. The lowest BCUT2D eigenvalue weighted by Gasteiger charge is -1.87. The molecule has 0 aliphatic heterocycles. The summed E-state index contributed by atoms with van der Waals surface area (Å²) in [5.41, 5.74) is 1.41. The molecule has 13 heavy (non-hydrogen) atoms. The summed E-state index contributed by atoms with van der Waals surface area (Å²) in [6.07, 6.45) is 0. The molecule has 2 aromatic rings. The summed E-state index contributed by atoms with van der Waals surface area (Å²) in [6.45, 7) is 6.52. The number of hydrogen-bond donors (Lipinski definition) is 0. The molecule has 0 saturated heterocycles. The molecule has 0 amide bonds. The van der Waals surface area contributed by atoms with Gasteiger partial charge in [0.25, 0.3) is 0 Å². The Hall–Kier alpha value is -0.600. The maximum Gasteiger partial charge on any atom is 0.0448 e. The molecule has 0 radical (unpaired) electrons. The van der Waals surface area contributed by atoms with Crippen molar-refractivity contribution in [3.8, 4) is 9.75 Å². The monoisotopic (exact) mass is 208 g/mol. The maximum atomic E-state index is 2.28. The molecule has 2 heterocycles. The molecule has 0 aliphatic carbocycles. The summed E-state index contributed by atoms with van der Waals surface area (Å²) in [5, 5.41) is 0. The van der Waals surface area contributed by atoms with Gasteiger partial charge in [-0.1, -0.05) is 0 Å². The second kappa shape index (κ2) is 3.28. The minimum absolute atomic E-state index is 1.39. The van der Waals surface area contributed by atoms with Gasteiger partial charge in [-0.15, -0.1) is 22.7 Å². The Morgan fingerprint density at radius 3 is 2.15 bits per heavy atom. The molecule has 0 nitrogen and oxygen atoms in total. The van der Waals surface area contributed by atoms with Gasteiger partial charge in [-0.2, -0.15) is 0 Å². The van der Waals surface area contributed by atoms with Crippen molar-refractivity contribution in [2.75, 3.05) is 0 Å². The fourth-order valence-corrected chi connectivity index (χ4v) is 3.24. The second-order valence-electron chi connectivity index (χ2n) is 3.26. The maximum absolute atomic E-state index is 2.28. The second-order valence-corrected chi connectivity index (χ2v) is 5.80. The quantitative estimate of drug-likeness (QED) is 0.651. The molecule has 0 atom stereocenters. The first-order valence-electron chi connectivity index (χ1n) is 4.30. The van der Waals surface area contributed by atoms with Crippen molar-refractivity contribution >= 4 is 22.7 Å². The first-order chi connectivity index (χ1) is 6.16. The normalized spacial score (nSPS) is 10.7. The van der Waals surface area contributed by atoms with Crippen LogP contribution in [-0.4, -0.2) is 0 Å². The third-order valence-corrected chi connectivity index (χ3v) is 4.50. The van der Waals surface area contributed by atoms with Gasteiger partial charge in [-0.3, -0.25) is 0 Å². The molecular formula is C11H12S2. The summed E-state index contributed by atoms with van der Waals surface area (Å²) in [5.74, 6) is 0. The molecular weight excluding hydrogens is 196 g/mol. The molecule has 0 unspecified atom stereocenters. The Kier molecular flexibility index (Phi) is 2.26. The molecule has 2 rings (SSSR count). The molecule has 0 saturated carbocycles. The van der Waals surface area contributed by atoms with Crippen LogP contribution in [0.3, 0.4) is 0 Å². The van der Waals surface area contributed by atoms with Gasteiger partial charge < -0.3 is 0 Å². The van der Waals surface area contributed by atoms with Crippen LogP contribution in [0.15, 0.2) is 18.2 Å². The summed E-state index contributed by atoms with van der Waals surface area (Å²) >= 11 is 3.76. The summed E-state index contributed by atoms with van der Waals surface area (Å²) in [6, 6.07) is 6.68. The van der Waals surface area contributed by atoms with Crippen molar-refractivity contribution < 1.29 is 0 Å². The van der Waals surface area contributed by atoms with Crippen LogP contribution in [0.25, 0.3) is 9.75 Å². The highest BCUT2D eigenvalue weighted by Gasteiger charge is 2.05. The predicted molar refractivity (Wildman–Crippen MR) is 61.8 cm³/mol. The van der Waals surface area contributed by atoms with Gasteiger partial charge in [0.1, 0.15) is 0 Å². The first-order valence-corrected chi connectivity index (χ1v) is 5.94. The third kappa shape index (κ3) is 1.69. The van der Waals surface area contributed by atoms with E-state index >= 15 is 0 Å². The van der Waals surface area contributed by atoms with Crippen LogP contribution in [0, 0.1) is 20.8 Å². The Bertz CT molecular complexity index is 401. The van der Waals surface area contributed by atoms with Crippen molar-refractivity contribution in [2.45, 2.75) is 20.8 Å². The minimum atomic E-state index is 1.39. The lowest BCUT2D eigenvalue weighted by molar-refractivity contribution is 1.44. The minimum Gasteiger partial charge on any atom is -0.140 e. The van der Waals surface area contributed by atoms with Gasteiger partial charge in [0.2, 0.25) is 0 Å². The lowest BCUT2D eigenvalue weighted by Crippen LogP contribution is -1.62. The fourth-order valence-electron chi connectivity index (χ4n) is 1.26. The Morgan fingerprint density at radius 1 is 0.923 bits per heavy atom. The van der Waals surface area contributed by atoms with Gasteiger partial charge in [0.15, 0.2) is 0 Å². The number of aryl methyl sites for hydroxylation is 3. The van der Waals surface area contributed by atoms with E-state index in [2.05, 4.69) is 39.0 Å². The van der Waals surface area contributed by atoms with E-state index in [9.17, 15) is 0 Å². The largest absolute Gasteiger partial charge is 0.140 e. The van der Waals surface area contributed by atoms with E-state index in [1.165, 1.54) is 25.1 Å². The average Bonchev–Trinajstić information content (AvgIpc) is 2.61. The van der Waals surface area contributed by atoms with Crippen molar-refractivity contribution in [3.63, 3.8) is 0 Å². The van der Waals surface area contributed by atoms with Crippen molar-refractivity contribution in [1.29, 1.82) is 0 Å². The molecule has 2 aromatic heterocycles. The third-order valence-electron chi connectivity index (χ3n) is 2.15. The van der Waals surface area contributed by atoms with E-state index in [0.29, 0.717) is 0 Å². The van der Waals surface area contributed by atoms with Crippen molar-refractivity contribution in [3.05, 3.63) is 33.5 Å². The first kappa shape index (κ1) is 8.97. The van der Waals surface area contributed by atoms with Gasteiger partial charge >= 0.3 is 0 Å². The van der Waals surface area contributed by atoms with Gasteiger partial charge in [0, 0.05) is 19.5 Å². The van der Waals surface area contributed by atoms with Crippen LogP contribution in [0.2, 0.25) is 0 Å². The van der Waals surface area contributed by atoms with Crippen LogP contribution in [0.5, 0.6) is 0 Å². The Balaban J connectivity index is 2.46.